The monoisotopic (exact) mass is 251 g/mol. The van der Waals surface area contributed by atoms with Crippen LogP contribution in [0.5, 0.6) is 0 Å². The maximum atomic E-state index is 5.91. The van der Waals surface area contributed by atoms with E-state index in [2.05, 4.69) is 10.1 Å². The summed E-state index contributed by atoms with van der Waals surface area (Å²) in [5.41, 5.74) is 0.848. The molecule has 0 radical (unpaired) electrons. The smallest absolute Gasteiger partial charge is 0.155 e. The standard InChI is InChI=1S/C12H14ClN3O/c13-10-3-4-12-14-11(15-16(12)7-10)6-9-2-1-5-17-8-9/h3-4,7,9H,1-2,5-6,8H2. The minimum absolute atomic E-state index is 0.552. The molecule has 0 aliphatic carbocycles. The molecule has 0 bridgehead atoms. The van der Waals surface area contributed by atoms with Gasteiger partial charge in [-0.25, -0.2) is 9.50 Å². The molecule has 2 aromatic heterocycles. The van der Waals surface area contributed by atoms with Crippen LogP contribution in [-0.4, -0.2) is 27.8 Å². The first-order chi connectivity index (χ1) is 8.31. The van der Waals surface area contributed by atoms with E-state index in [0.717, 1.165) is 37.5 Å². The van der Waals surface area contributed by atoms with Crippen molar-refractivity contribution in [3.63, 3.8) is 0 Å². The summed E-state index contributed by atoms with van der Waals surface area (Å²) >= 11 is 5.91. The first-order valence-electron chi connectivity index (χ1n) is 5.90. The van der Waals surface area contributed by atoms with Crippen molar-refractivity contribution in [1.29, 1.82) is 0 Å². The third-order valence-corrected chi connectivity index (χ3v) is 3.29. The molecule has 1 atom stereocenters. The van der Waals surface area contributed by atoms with Crippen LogP contribution in [-0.2, 0) is 11.2 Å². The maximum Gasteiger partial charge on any atom is 0.155 e. The number of fused-ring (bicyclic) bond motifs is 1. The molecular weight excluding hydrogens is 238 g/mol. The Balaban J connectivity index is 1.80. The van der Waals surface area contributed by atoms with Gasteiger partial charge < -0.3 is 4.74 Å². The third kappa shape index (κ3) is 2.42. The van der Waals surface area contributed by atoms with Crippen LogP contribution in [0.15, 0.2) is 18.3 Å². The number of rotatable bonds is 2. The Bertz CT molecular complexity index is 519. The van der Waals surface area contributed by atoms with E-state index in [4.69, 9.17) is 16.3 Å². The summed E-state index contributed by atoms with van der Waals surface area (Å²) < 4.78 is 7.20. The largest absolute Gasteiger partial charge is 0.381 e. The Kier molecular flexibility index (Phi) is 2.99. The molecule has 17 heavy (non-hydrogen) atoms. The zero-order chi connectivity index (χ0) is 11.7. The third-order valence-electron chi connectivity index (χ3n) is 3.06. The quantitative estimate of drug-likeness (QED) is 0.823. The van der Waals surface area contributed by atoms with E-state index in [0.29, 0.717) is 10.9 Å². The van der Waals surface area contributed by atoms with Gasteiger partial charge in [0, 0.05) is 25.8 Å². The Morgan fingerprint density at radius 2 is 2.41 bits per heavy atom. The number of hydrogen-bond donors (Lipinski definition) is 0. The SMILES string of the molecule is Clc1ccc2nc(CC3CCCOC3)nn2c1. The summed E-state index contributed by atoms with van der Waals surface area (Å²) in [5.74, 6) is 1.43. The van der Waals surface area contributed by atoms with Crippen LogP contribution in [0.25, 0.3) is 5.65 Å². The second kappa shape index (κ2) is 4.63. The van der Waals surface area contributed by atoms with Gasteiger partial charge in [0.2, 0.25) is 0 Å². The molecule has 3 rings (SSSR count). The lowest BCUT2D eigenvalue weighted by Crippen LogP contribution is -2.19. The molecule has 1 aliphatic heterocycles. The van der Waals surface area contributed by atoms with Crippen LogP contribution in [0.4, 0.5) is 0 Å². The Labute approximate surface area is 105 Å². The molecule has 4 nitrogen and oxygen atoms in total. The van der Waals surface area contributed by atoms with E-state index < -0.39 is 0 Å². The maximum absolute atomic E-state index is 5.91. The van der Waals surface area contributed by atoms with Crippen LogP contribution < -0.4 is 0 Å². The van der Waals surface area contributed by atoms with Gasteiger partial charge in [-0.15, -0.1) is 0 Å². The number of halogens is 1. The molecular formula is C12H14ClN3O. The average Bonchev–Trinajstić information content (AvgIpc) is 2.71. The zero-order valence-electron chi connectivity index (χ0n) is 9.47. The average molecular weight is 252 g/mol. The molecule has 1 fully saturated rings. The number of nitrogens with zero attached hydrogens (tertiary/aromatic N) is 3. The van der Waals surface area contributed by atoms with Crippen molar-refractivity contribution in [2.45, 2.75) is 19.3 Å². The molecule has 1 aliphatic rings. The summed E-state index contributed by atoms with van der Waals surface area (Å²) in [4.78, 5) is 4.49. The molecule has 1 unspecified atom stereocenters. The van der Waals surface area contributed by atoms with Gasteiger partial charge in [-0.1, -0.05) is 11.6 Å². The lowest BCUT2D eigenvalue weighted by Gasteiger charge is -2.20. The highest BCUT2D eigenvalue weighted by molar-refractivity contribution is 6.30. The lowest BCUT2D eigenvalue weighted by molar-refractivity contribution is 0.0543. The van der Waals surface area contributed by atoms with Gasteiger partial charge in [0.05, 0.1) is 5.02 Å². The number of aromatic nitrogens is 3. The van der Waals surface area contributed by atoms with Crippen LogP contribution in [0.2, 0.25) is 5.02 Å². The van der Waals surface area contributed by atoms with E-state index in [-0.39, 0.29) is 0 Å². The van der Waals surface area contributed by atoms with Crippen LogP contribution in [0.1, 0.15) is 18.7 Å². The first kappa shape index (κ1) is 11.0. The minimum Gasteiger partial charge on any atom is -0.381 e. The highest BCUT2D eigenvalue weighted by Crippen LogP contribution is 2.18. The minimum atomic E-state index is 0.552. The summed E-state index contributed by atoms with van der Waals surface area (Å²) in [5, 5.41) is 5.11. The van der Waals surface area contributed by atoms with Gasteiger partial charge in [0.1, 0.15) is 0 Å². The van der Waals surface area contributed by atoms with E-state index >= 15 is 0 Å². The predicted octanol–water partition coefficient (Wildman–Crippen LogP) is 2.35. The van der Waals surface area contributed by atoms with Crippen molar-refractivity contribution in [2.24, 2.45) is 5.92 Å². The van der Waals surface area contributed by atoms with Gasteiger partial charge in [0.25, 0.3) is 0 Å². The summed E-state index contributed by atoms with van der Waals surface area (Å²) in [7, 11) is 0. The van der Waals surface area contributed by atoms with Gasteiger partial charge in [-0.2, -0.15) is 5.10 Å². The van der Waals surface area contributed by atoms with Crippen molar-refractivity contribution in [2.75, 3.05) is 13.2 Å². The number of hydrogen-bond acceptors (Lipinski definition) is 3. The Hall–Kier alpha value is -1.13. The van der Waals surface area contributed by atoms with E-state index in [1.807, 2.05) is 12.1 Å². The molecule has 0 amide bonds. The summed E-state index contributed by atoms with van der Waals surface area (Å²) in [6, 6.07) is 3.72. The predicted molar refractivity (Wildman–Crippen MR) is 65.2 cm³/mol. The lowest BCUT2D eigenvalue weighted by atomic mass is 9.98. The van der Waals surface area contributed by atoms with Crippen LogP contribution in [0.3, 0.4) is 0 Å². The van der Waals surface area contributed by atoms with E-state index in [1.165, 1.54) is 6.42 Å². The van der Waals surface area contributed by atoms with Crippen molar-refractivity contribution in [3.8, 4) is 0 Å². The molecule has 0 aromatic carbocycles. The normalized spacial score (nSPS) is 20.9. The van der Waals surface area contributed by atoms with E-state index in [1.54, 1.807) is 10.7 Å². The molecule has 3 heterocycles. The number of ether oxygens (including phenoxy) is 1. The van der Waals surface area contributed by atoms with Crippen molar-refractivity contribution in [1.82, 2.24) is 14.6 Å². The molecule has 0 saturated carbocycles. The van der Waals surface area contributed by atoms with Crippen molar-refractivity contribution >= 4 is 17.2 Å². The van der Waals surface area contributed by atoms with Crippen LogP contribution in [0, 0.1) is 5.92 Å². The highest BCUT2D eigenvalue weighted by atomic mass is 35.5. The first-order valence-corrected chi connectivity index (χ1v) is 6.27. The summed E-state index contributed by atoms with van der Waals surface area (Å²) in [6.07, 6.45) is 5.02. The molecule has 2 aromatic rings. The fourth-order valence-electron chi connectivity index (χ4n) is 2.22. The van der Waals surface area contributed by atoms with Gasteiger partial charge in [-0.3, -0.25) is 0 Å². The van der Waals surface area contributed by atoms with Gasteiger partial charge in [-0.05, 0) is 30.9 Å². The molecule has 90 valence electrons. The Morgan fingerprint density at radius 3 is 3.24 bits per heavy atom. The zero-order valence-corrected chi connectivity index (χ0v) is 10.2. The Morgan fingerprint density at radius 1 is 1.47 bits per heavy atom. The molecule has 1 saturated heterocycles. The highest BCUT2D eigenvalue weighted by Gasteiger charge is 2.16. The topological polar surface area (TPSA) is 39.4 Å². The molecule has 5 heteroatoms. The number of pyridine rings is 1. The fourth-order valence-corrected chi connectivity index (χ4v) is 2.37. The van der Waals surface area contributed by atoms with Crippen molar-refractivity contribution < 1.29 is 4.74 Å². The fraction of sp³-hybridized carbons (Fsp3) is 0.500. The van der Waals surface area contributed by atoms with Crippen LogP contribution >= 0.6 is 11.6 Å². The summed E-state index contributed by atoms with van der Waals surface area (Å²) in [6.45, 7) is 1.72. The van der Waals surface area contributed by atoms with Crippen molar-refractivity contribution in [3.05, 3.63) is 29.2 Å². The van der Waals surface area contributed by atoms with E-state index in [9.17, 15) is 0 Å². The second-order valence-corrected chi connectivity index (χ2v) is 4.90. The van der Waals surface area contributed by atoms with Gasteiger partial charge in [0.15, 0.2) is 11.5 Å². The van der Waals surface area contributed by atoms with Gasteiger partial charge >= 0.3 is 0 Å². The second-order valence-electron chi connectivity index (χ2n) is 4.47. The molecule has 0 spiro atoms. The molecule has 0 N–H and O–H groups in total.